The van der Waals surface area contributed by atoms with Crippen LogP contribution in [-0.4, -0.2) is 80.3 Å². The van der Waals surface area contributed by atoms with Crippen LogP contribution in [0.2, 0.25) is 0 Å². The Morgan fingerprint density at radius 1 is 1.29 bits per heavy atom. The number of ether oxygens (including phenoxy) is 3. The zero-order valence-electron chi connectivity index (χ0n) is 13.8. The van der Waals surface area contributed by atoms with E-state index < -0.39 is 5.60 Å². The third-order valence-electron chi connectivity index (χ3n) is 4.25. The summed E-state index contributed by atoms with van der Waals surface area (Å²) in [5.74, 6) is 0.489. The Kier molecular flexibility index (Phi) is 5.01. The molecule has 2 fully saturated rings. The lowest BCUT2D eigenvalue weighted by molar-refractivity contribution is -0.162. The summed E-state index contributed by atoms with van der Waals surface area (Å²) in [6, 6.07) is 9.24. The van der Waals surface area contributed by atoms with E-state index in [0.29, 0.717) is 38.6 Å². The number of carbonyl (C=O) groups excluding carboxylic acids is 2. The molecule has 1 atom stereocenters. The van der Waals surface area contributed by atoms with Crippen molar-refractivity contribution in [2.75, 3.05) is 53.1 Å². The van der Waals surface area contributed by atoms with Crippen molar-refractivity contribution in [3.63, 3.8) is 0 Å². The van der Waals surface area contributed by atoms with Crippen LogP contribution in [-0.2, 0) is 19.1 Å². The Labute approximate surface area is 141 Å². The zero-order valence-corrected chi connectivity index (χ0v) is 13.8. The van der Waals surface area contributed by atoms with Crippen LogP contribution >= 0.6 is 0 Å². The zero-order chi connectivity index (χ0) is 17.0. The summed E-state index contributed by atoms with van der Waals surface area (Å²) >= 11 is 0. The minimum atomic E-state index is -0.665. The van der Waals surface area contributed by atoms with Crippen LogP contribution in [0.4, 0.5) is 0 Å². The molecule has 3 rings (SSSR count). The predicted octanol–water partition coefficient (Wildman–Crippen LogP) is 0.152. The van der Waals surface area contributed by atoms with Crippen LogP contribution in [0.25, 0.3) is 0 Å². The number of morpholine rings is 1. The highest BCUT2D eigenvalue weighted by Gasteiger charge is 2.42. The van der Waals surface area contributed by atoms with Gasteiger partial charge in [0.2, 0.25) is 5.91 Å². The van der Waals surface area contributed by atoms with Gasteiger partial charge < -0.3 is 24.0 Å². The van der Waals surface area contributed by atoms with Crippen molar-refractivity contribution in [2.45, 2.75) is 5.60 Å². The minimum absolute atomic E-state index is 0.0181. The van der Waals surface area contributed by atoms with E-state index in [1.165, 1.54) is 0 Å². The molecule has 24 heavy (non-hydrogen) atoms. The Morgan fingerprint density at radius 3 is 2.88 bits per heavy atom. The number of likely N-dealkylation sites (N-methyl/N-ethyl adjacent to an activating group) is 1. The fourth-order valence-corrected chi connectivity index (χ4v) is 2.99. The molecule has 2 aliphatic rings. The number of benzene rings is 1. The number of hydrogen-bond donors (Lipinski definition) is 0. The maximum absolute atomic E-state index is 12.5. The molecular weight excluding hydrogens is 312 g/mol. The van der Waals surface area contributed by atoms with Gasteiger partial charge in [-0.25, -0.2) is 0 Å². The topological polar surface area (TPSA) is 68.3 Å². The van der Waals surface area contributed by atoms with Gasteiger partial charge in [-0.3, -0.25) is 9.59 Å². The third-order valence-corrected chi connectivity index (χ3v) is 4.25. The van der Waals surface area contributed by atoms with Gasteiger partial charge in [-0.2, -0.15) is 0 Å². The summed E-state index contributed by atoms with van der Waals surface area (Å²) in [6.07, 6.45) is 0. The van der Waals surface area contributed by atoms with E-state index in [9.17, 15) is 9.59 Å². The van der Waals surface area contributed by atoms with E-state index in [4.69, 9.17) is 14.2 Å². The van der Waals surface area contributed by atoms with E-state index in [-0.39, 0.29) is 25.0 Å². The fourth-order valence-electron chi connectivity index (χ4n) is 2.99. The van der Waals surface area contributed by atoms with Gasteiger partial charge in [0.15, 0.2) is 6.61 Å². The maximum Gasteiger partial charge on any atom is 0.260 e. The van der Waals surface area contributed by atoms with Gasteiger partial charge >= 0.3 is 0 Å². The van der Waals surface area contributed by atoms with E-state index >= 15 is 0 Å². The summed E-state index contributed by atoms with van der Waals surface area (Å²) in [6.45, 7) is 2.06. The van der Waals surface area contributed by atoms with Gasteiger partial charge in [0.1, 0.15) is 18.0 Å². The lowest BCUT2D eigenvalue weighted by Gasteiger charge is -2.42. The highest BCUT2D eigenvalue weighted by molar-refractivity contribution is 5.78. The molecule has 2 aliphatic heterocycles. The number of carbonyl (C=O) groups is 2. The second-order valence-corrected chi connectivity index (χ2v) is 6.19. The number of hydrogen-bond acceptors (Lipinski definition) is 5. The molecule has 1 spiro atoms. The van der Waals surface area contributed by atoms with Crippen LogP contribution in [0, 0.1) is 0 Å². The van der Waals surface area contributed by atoms with Gasteiger partial charge in [0.05, 0.1) is 26.3 Å². The smallest absolute Gasteiger partial charge is 0.260 e. The molecule has 0 aromatic heterocycles. The number of para-hydroxylation sites is 1. The molecule has 0 aliphatic carbocycles. The lowest BCUT2D eigenvalue weighted by atomic mass is 10.0. The second-order valence-electron chi connectivity index (χ2n) is 6.19. The highest BCUT2D eigenvalue weighted by Crippen LogP contribution is 2.22. The fraction of sp³-hybridized carbons (Fsp3) is 0.529. The van der Waals surface area contributed by atoms with Crippen molar-refractivity contribution in [1.82, 2.24) is 9.80 Å². The monoisotopic (exact) mass is 334 g/mol. The first-order chi connectivity index (χ1) is 11.6. The lowest BCUT2D eigenvalue weighted by Crippen LogP contribution is -2.60. The SMILES string of the molecule is CN1CC2(COCC1=O)CN(C(=O)COc1ccccc1)CCO2. The molecule has 1 unspecified atom stereocenters. The summed E-state index contributed by atoms with van der Waals surface area (Å²) in [5, 5.41) is 0. The molecule has 0 N–H and O–H groups in total. The average Bonchev–Trinajstić information content (AvgIpc) is 2.72. The molecule has 7 nitrogen and oxygen atoms in total. The molecule has 2 saturated heterocycles. The van der Waals surface area contributed by atoms with E-state index in [0.717, 1.165) is 0 Å². The second kappa shape index (κ2) is 7.19. The Bertz CT molecular complexity index is 594. The molecule has 0 saturated carbocycles. The largest absolute Gasteiger partial charge is 0.484 e. The Balaban J connectivity index is 1.60. The molecule has 130 valence electrons. The molecule has 0 bridgehead atoms. The molecule has 1 aromatic rings. The molecule has 2 amide bonds. The van der Waals surface area contributed by atoms with Crippen LogP contribution in [0.5, 0.6) is 5.75 Å². The molecule has 7 heteroatoms. The highest BCUT2D eigenvalue weighted by atomic mass is 16.6. The summed E-state index contributed by atoms with van der Waals surface area (Å²) < 4.78 is 16.9. The van der Waals surface area contributed by atoms with Gasteiger partial charge in [-0.05, 0) is 12.1 Å². The van der Waals surface area contributed by atoms with Gasteiger partial charge in [0.25, 0.3) is 5.91 Å². The van der Waals surface area contributed by atoms with Gasteiger partial charge in [0, 0.05) is 13.6 Å². The summed E-state index contributed by atoms with van der Waals surface area (Å²) in [5.41, 5.74) is -0.665. The predicted molar refractivity (Wildman–Crippen MR) is 85.7 cm³/mol. The first-order valence-corrected chi connectivity index (χ1v) is 7.99. The number of rotatable bonds is 3. The van der Waals surface area contributed by atoms with Crippen LogP contribution in [0.1, 0.15) is 0 Å². The molecular formula is C17H22N2O5. The van der Waals surface area contributed by atoms with Crippen molar-refractivity contribution in [2.24, 2.45) is 0 Å². The Morgan fingerprint density at radius 2 is 2.08 bits per heavy atom. The summed E-state index contributed by atoms with van der Waals surface area (Å²) in [7, 11) is 1.72. The standard InChI is InChI=1S/C17H22N2O5/c1-18-11-17(13-22-9-15(18)20)12-19(7-8-24-17)16(21)10-23-14-5-3-2-4-6-14/h2-6H,7-13H2,1H3. The van der Waals surface area contributed by atoms with E-state index in [1.54, 1.807) is 16.8 Å². The first kappa shape index (κ1) is 16.7. The third kappa shape index (κ3) is 3.85. The first-order valence-electron chi connectivity index (χ1n) is 7.99. The van der Waals surface area contributed by atoms with Crippen molar-refractivity contribution in [3.8, 4) is 5.75 Å². The Hall–Kier alpha value is -2.12. The van der Waals surface area contributed by atoms with Crippen molar-refractivity contribution in [3.05, 3.63) is 30.3 Å². The average molecular weight is 334 g/mol. The molecule has 0 radical (unpaired) electrons. The van der Waals surface area contributed by atoms with Crippen LogP contribution in [0.3, 0.4) is 0 Å². The van der Waals surface area contributed by atoms with Gasteiger partial charge in [-0.1, -0.05) is 18.2 Å². The maximum atomic E-state index is 12.5. The van der Waals surface area contributed by atoms with Crippen molar-refractivity contribution < 1.29 is 23.8 Å². The molecule has 1 aromatic carbocycles. The van der Waals surface area contributed by atoms with Crippen molar-refractivity contribution >= 4 is 11.8 Å². The van der Waals surface area contributed by atoms with E-state index in [2.05, 4.69) is 0 Å². The summed E-state index contributed by atoms with van der Waals surface area (Å²) in [4.78, 5) is 27.5. The number of nitrogens with zero attached hydrogens (tertiary/aromatic N) is 2. The minimum Gasteiger partial charge on any atom is -0.484 e. The van der Waals surface area contributed by atoms with Crippen molar-refractivity contribution in [1.29, 1.82) is 0 Å². The normalized spacial score (nSPS) is 24.8. The quantitative estimate of drug-likeness (QED) is 0.787. The van der Waals surface area contributed by atoms with Crippen LogP contribution < -0.4 is 4.74 Å². The van der Waals surface area contributed by atoms with Crippen LogP contribution in [0.15, 0.2) is 30.3 Å². The molecule has 2 heterocycles. The van der Waals surface area contributed by atoms with E-state index in [1.807, 2.05) is 30.3 Å². The number of amides is 2. The van der Waals surface area contributed by atoms with Gasteiger partial charge in [-0.15, -0.1) is 0 Å².